The van der Waals surface area contributed by atoms with E-state index in [1.54, 1.807) is 45.0 Å². The van der Waals surface area contributed by atoms with Gasteiger partial charge in [-0.05, 0) is 45.0 Å². The van der Waals surface area contributed by atoms with Crippen LogP contribution in [0.25, 0.3) is 0 Å². The Balaban J connectivity index is 2.92. The van der Waals surface area contributed by atoms with Crippen LogP contribution < -0.4 is 5.11 Å². The summed E-state index contributed by atoms with van der Waals surface area (Å²) >= 11 is 5.72. The van der Waals surface area contributed by atoms with Gasteiger partial charge in [0.2, 0.25) is 0 Å². The van der Waals surface area contributed by atoms with Gasteiger partial charge in [0.05, 0.1) is 23.6 Å². The second kappa shape index (κ2) is 5.97. The summed E-state index contributed by atoms with van der Waals surface area (Å²) in [6.07, 6.45) is -0.290. The highest BCUT2D eigenvalue weighted by Crippen LogP contribution is 2.13. The van der Waals surface area contributed by atoms with Crippen molar-refractivity contribution >= 4 is 29.1 Å². The minimum Gasteiger partial charge on any atom is -0.543 e. The molecule has 0 aliphatic rings. The molecule has 0 saturated heterocycles. The van der Waals surface area contributed by atoms with E-state index in [4.69, 9.17) is 11.6 Å². The maximum atomic E-state index is 11.9. The molecule has 1 aromatic rings. The molecule has 0 saturated carbocycles. The highest BCUT2D eigenvalue weighted by atomic mass is 35.5. The average molecular weight is 281 g/mol. The van der Waals surface area contributed by atoms with Gasteiger partial charge in [-0.3, -0.25) is 9.79 Å². The van der Waals surface area contributed by atoms with E-state index >= 15 is 0 Å². The number of benzene rings is 1. The average Bonchev–Trinajstić information content (AvgIpc) is 2.27. The smallest absolute Gasteiger partial charge is 0.168 e. The van der Waals surface area contributed by atoms with E-state index in [2.05, 4.69) is 4.99 Å². The van der Waals surface area contributed by atoms with Crippen molar-refractivity contribution < 1.29 is 14.7 Å². The minimum absolute atomic E-state index is 0.243. The van der Waals surface area contributed by atoms with Crippen LogP contribution in [0.1, 0.15) is 37.6 Å². The van der Waals surface area contributed by atoms with Crippen molar-refractivity contribution in [2.45, 2.75) is 32.7 Å². The third-order valence-corrected chi connectivity index (χ3v) is 2.45. The number of carboxylic acids is 1. The third kappa shape index (κ3) is 5.22. The lowest BCUT2D eigenvalue weighted by molar-refractivity contribution is -0.294. The molecule has 0 fully saturated rings. The van der Waals surface area contributed by atoms with Gasteiger partial charge in [0, 0.05) is 10.6 Å². The fraction of sp³-hybridized carbons (Fsp3) is 0.357. The topological polar surface area (TPSA) is 69.6 Å². The van der Waals surface area contributed by atoms with E-state index in [0.29, 0.717) is 10.6 Å². The van der Waals surface area contributed by atoms with Gasteiger partial charge in [-0.15, -0.1) is 0 Å². The maximum absolute atomic E-state index is 11.9. The van der Waals surface area contributed by atoms with Gasteiger partial charge in [0.25, 0.3) is 0 Å². The lowest BCUT2D eigenvalue weighted by Gasteiger charge is -2.16. The fourth-order valence-electron chi connectivity index (χ4n) is 1.45. The van der Waals surface area contributed by atoms with Gasteiger partial charge in [-0.2, -0.15) is 0 Å². The van der Waals surface area contributed by atoms with E-state index in [1.165, 1.54) is 0 Å². The first-order chi connectivity index (χ1) is 8.69. The zero-order valence-electron chi connectivity index (χ0n) is 11.1. The highest BCUT2D eigenvalue weighted by molar-refractivity contribution is 6.39. The van der Waals surface area contributed by atoms with Gasteiger partial charge in [0.15, 0.2) is 5.78 Å². The molecular weight excluding hydrogens is 266 g/mol. The molecule has 0 aliphatic carbocycles. The Bertz CT molecular complexity index is 512. The zero-order chi connectivity index (χ0) is 14.6. The maximum Gasteiger partial charge on any atom is 0.168 e. The van der Waals surface area contributed by atoms with Crippen LogP contribution >= 0.6 is 11.6 Å². The monoisotopic (exact) mass is 280 g/mol. The van der Waals surface area contributed by atoms with Crippen LogP contribution in [0.2, 0.25) is 5.02 Å². The molecule has 0 bridgehead atoms. The molecule has 1 aromatic carbocycles. The van der Waals surface area contributed by atoms with E-state index in [0.717, 1.165) is 0 Å². The Morgan fingerprint density at radius 2 is 1.74 bits per heavy atom. The molecule has 0 spiro atoms. The van der Waals surface area contributed by atoms with Gasteiger partial charge < -0.3 is 9.90 Å². The van der Waals surface area contributed by atoms with E-state index in [-0.39, 0.29) is 17.9 Å². The molecule has 0 aromatic heterocycles. The number of aliphatic imine (C=N–C) groups is 1. The van der Waals surface area contributed by atoms with Crippen molar-refractivity contribution in [1.82, 2.24) is 0 Å². The van der Waals surface area contributed by atoms with E-state index < -0.39 is 11.5 Å². The number of rotatable bonds is 4. The fourth-order valence-corrected chi connectivity index (χ4v) is 1.58. The van der Waals surface area contributed by atoms with Crippen LogP contribution in [-0.4, -0.2) is 23.0 Å². The van der Waals surface area contributed by atoms with E-state index in [9.17, 15) is 14.7 Å². The summed E-state index contributed by atoms with van der Waals surface area (Å²) in [4.78, 5) is 26.9. The number of hydrogen-bond donors (Lipinski definition) is 0. The third-order valence-electron chi connectivity index (χ3n) is 2.20. The molecular formula is C14H15ClNO3-. The molecule has 0 radical (unpaired) electrons. The predicted molar refractivity (Wildman–Crippen MR) is 72.6 cm³/mol. The molecule has 0 aliphatic heterocycles. The van der Waals surface area contributed by atoms with Crippen molar-refractivity contribution in [1.29, 1.82) is 0 Å². The SMILES string of the molecule is CC(C)(C)N=C(CC(=O)c1ccc(Cl)cc1)C(=O)[O-]. The molecule has 1 rings (SSSR count). The number of carboxylic acid groups (broad SMARTS) is 1. The van der Waals surface area contributed by atoms with Crippen LogP contribution in [0.15, 0.2) is 29.3 Å². The predicted octanol–water partition coefficient (Wildman–Crippen LogP) is 1.90. The Labute approximate surface area is 117 Å². The van der Waals surface area contributed by atoms with E-state index in [1.807, 2.05) is 0 Å². The van der Waals surface area contributed by atoms with Crippen molar-refractivity contribution in [3.8, 4) is 0 Å². The highest BCUT2D eigenvalue weighted by Gasteiger charge is 2.15. The van der Waals surface area contributed by atoms with Crippen molar-refractivity contribution in [2.24, 2.45) is 4.99 Å². The van der Waals surface area contributed by atoms with Crippen LogP contribution in [0.5, 0.6) is 0 Å². The first-order valence-electron chi connectivity index (χ1n) is 5.78. The number of Topliss-reactive ketones (excluding diaryl/α,β-unsaturated/α-hetero) is 1. The largest absolute Gasteiger partial charge is 0.543 e. The van der Waals surface area contributed by atoms with Crippen LogP contribution in [0.4, 0.5) is 0 Å². The summed E-state index contributed by atoms with van der Waals surface area (Å²) in [6.45, 7) is 5.26. The lowest BCUT2D eigenvalue weighted by Crippen LogP contribution is -2.35. The van der Waals surface area contributed by atoms with Crippen molar-refractivity contribution in [2.75, 3.05) is 0 Å². The Morgan fingerprint density at radius 3 is 2.16 bits per heavy atom. The van der Waals surface area contributed by atoms with Crippen molar-refractivity contribution in [3.05, 3.63) is 34.9 Å². The summed E-state index contributed by atoms with van der Waals surface area (Å²) in [6, 6.07) is 6.26. The number of nitrogens with zero attached hydrogens (tertiary/aromatic N) is 1. The molecule has 19 heavy (non-hydrogen) atoms. The quantitative estimate of drug-likeness (QED) is 0.625. The Hall–Kier alpha value is -1.68. The van der Waals surface area contributed by atoms with Gasteiger partial charge in [0.1, 0.15) is 0 Å². The number of halogens is 1. The molecule has 4 nitrogen and oxygen atoms in total. The van der Waals surface area contributed by atoms with Crippen LogP contribution in [-0.2, 0) is 4.79 Å². The van der Waals surface area contributed by atoms with Gasteiger partial charge in [-0.25, -0.2) is 0 Å². The number of carbonyl (C=O) groups excluding carboxylic acids is 2. The molecule has 102 valence electrons. The van der Waals surface area contributed by atoms with Crippen LogP contribution in [0, 0.1) is 0 Å². The van der Waals surface area contributed by atoms with Gasteiger partial charge >= 0.3 is 0 Å². The summed E-state index contributed by atoms with van der Waals surface area (Å²) in [5.41, 5.74) is -0.421. The number of carbonyl (C=O) groups is 2. The second-order valence-electron chi connectivity index (χ2n) is 5.12. The lowest BCUT2D eigenvalue weighted by atomic mass is 10.0. The summed E-state index contributed by atoms with van der Waals surface area (Å²) in [5.74, 6) is -1.75. The summed E-state index contributed by atoms with van der Waals surface area (Å²) in [5, 5.41) is 11.5. The normalized spacial score (nSPS) is 12.3. The molecule has 5 heteroatoms. The first-order valence-corrected chi connectivity index (χ1v) is 6.16. The molecule has 0 atom stereocenters. The Kier molecular flexibility index (Phi) is 4.84. The molecule has 0 unspecified atom stereocenters. The number of aliphatic carboxylic acids is 1. The van der Waals surface area contributed by atoms with Gasteiger partial charge in [-0.1, -0.05) is 11.6 Å². The summed E-state index contributed by atoms with van der Waals surface area (Å²) in [7, 11) is 0. The molecule has 0 heterocycles. The second-order valence-corrected chi connectivity index (χ2v) is 5.56. The van der Waals surface area contributed by atoms with Crippen molar-refractivity contribution in [3.63, 3.8) is 0 Å². The number of ketones is 1. The Morgan fingerprint density at radius 1 is 1.21 bits per heavy atom. The standard InChI is InChI=1S/C14H16ClNO3/c1-14(2,3)16-11(13(18)19)8-12(17)9-4-6-10(15)7-5-9/h4-7H,8H2,1-3H3,(H,18,19)/p-1. The zero-order valence-corrected chi connectivity index (χ0v) is 11.8. The molecule has 0 amide bonds. The van der Waals surface area contributed by atoms with Crippen LogP contribution in [0.3, 0.4) is 0 Å². The number of hydrogen-bond acceptors (Lipinski definition) is 4. The molecule has 0 N–H and O–H groups in total. The summed E-state index contributed by atoms with van der Waals surface area (Å²) < 4.78 is 0. The first kappa shape index (κ1) is 15.4. The minimum atomic E-state index is -1.42.